The highest BCUT2D eigenvalue weighted by molar-refractivity contribution is 5.78. The Labute approximate surface area is 185 Å². The molecule has 0 aromatic heterocycles. The number of hydrogen-bond donors (Lipinski definition) is 1. The summed E-state index contributed by atoms with van der Waals surface area (Å²) in [7, 11) is 2.05. The third-order valence-corrected chi connectivity index (χ3v) is 6.54. The van der Waals surface area contributed by atoms with Gasteiger partial charge in [0, 0.05) is 18.7 Å². The molecule has 0 aliphatic heterocycles. The van der Waals surface area contributed by atoms with Gasteiger partial charge in [0.2, 0.25) is 0 Å². The summed E-state index contributed by atoms with van der Waals surface area (Å²) in [6.07, 6.45) is 12.4. The van der Waals surface area contributed by atoms with Crippen LogP contribution < -0.4 is 5.32 Å². The van der Waals surface area contributed by atoms with E-state index in [1.807, 2.05) is 7.05 Å². The second-order valence-electron chi connectivity index (χ2n) is 10.2. The van der Waals surface area contributed by atoms with E-state index in [2.05, 4.69) is 83.3 Å². The largest absolute Gasteiger partial charge is 0.388 e. The molecule has 2 aromatic rings. The Balaban J connectivity index is 2.22. The van der Waals surface area contributed by atoms with Crippen LogP contribution in [-0.2, 0) is 12.8 Å². The zero-order chi connectivity index (χ0) is 21.9. The predicted octanol–water partition coefficient (Wildman–Crippen LogP) is 8.38. The van der Waals surface area contributed by atoms with Crippen molar-refractivity contribution < 1.29 is 0 Å². The molecule has 2 aromatic carbocycles. The lowest BCUT2D eigenvalue weighted by Crippen LogP contribution is -2.09. The van der Waals surface area contributed by atoms with Gasteiger partial charge in [0.15, 0.2) is 0 Å². The first-order valence-electron chi connectivity index (χ1n) is 11.9. The summed E-state index contributed by atoms with van der Waals surface area (Å²) in [5.41, 5.74) is 11.7. The molecular weight excluding hydrogens is 362 g/mol. The van der Waals surface area contributed by atoms with Gasteiger partial charge >= 0.3 is 0 Å². The number of rotatable bonds is 6. The van der Waals surface area contributed by atoms with Crippen LogP contribution in [0.5, 0.6) is 0 Å². The van der Waals surface area contributed by atoms with Crippen molar-refractivity contribution in [3.05, 3.63) is 64.2 Å². The number of hydrogen-bond acceptors (Lipinski definition) is 1. The summed E-state index contributed by atoms with van der Waals surface area (Å²) in [6, 6.07) is 9.61. The number of aryl methyl sites for hydroxylation is 3. The average Bonchev–Trinajstić information content (AvgIpc) is 2.71. The maximum absolute atomic E-state index is 3.45. The predicted molar refractivity (Wildman–Crippen MR) is 134 cm³/mol. The number of nitrogens with one attached hydrogen (secondary N) is 1. The highest BCUT2D eigenvalue weighted by Gasteiger charge is 2.22. The van der Waals surface area contributed by atoms with E-state index in [-0.39, 0.29) is 5.41 Å². The van der Waals surface area contributed by atoms with E-state index < -0.39 is 0 Å². The van der Waals surface area contributed by atoms with Crippen LogP contribution in [0.25, 0.3) is 11.1 Å². The molecule has 162 valence electrons. The minimum atomic E-state index is 0.196. The maximum atomic E-state index is 3.45. The quantitative estimate of drug-likeness (QED) is 0.478. The fourth-order valence-corrected chi connectivity index (χ4v) is 4.99. The zero-order valence-corrected chi connectivity index (χ0v) is 20.3. The van der Waals surface area contributed by atoms with Gasteiger partial charge in [-0.1, -0.05) is 64.5 Å². The molecule has 1 atom stereocenters. The van der Waals surface area contributed by atoms with Crippen molar-refractivity contribution in [1.29, 1.82) is 0 Å². The molecule has 0 radical (unpaired) electrons. The van der Waals surface area contributed by atoms with Gasteiger partial charge in [0.05, 0.1) is 0 Å². The van der Waals surface area contributed by atoms with Crippen LogP contribution in [0, 0.1) is 19.3 Å². The molecule has 1 aliphatic rings. The summed E-state index contributed by atoms with van der Waals surface area (Å²) in [5.74, 6) is 0.437. The average molecular weight is 404 g/mol. The van der Waals surface area contributed by atoms with Gasteiger partial charge in [-0.15, -0.1) is 0 Å². The van der Waals surface area contributed by atoms with Gasteiger partial charge in [-0.2, -0.15) is 0 Å². The first kappa shape index (κ1) is 22.7. The molecule has 30 heavy (non-hydrogen) atoms. The van der Waals surface area contributed by atoms with Crippen LogP contribution >= 0.6 is 0 Å². The lowest BCUT2D eigenvalue weighted by atomic mass is 9.79. The van der Waals surface area contributed by atoms with Crippen LogP contribution in [0.1, 0.15) is 87.1 Å². The Morgan fingerprint density at radius 3 is 2.37 bits per heavy atom. The van der Waals surface area contributed by atoms with Gasteiger partial charge < -0.3 is 5.32 Å². The highest BCUT2D eigenvalue weighted by Crippen LogP contribution is 2.42. The van der Waals surface area contributed by atoms with Crippen LogP contribution in [0.2, 0.25) is 0 Å². The Morgan fingerprint density at radius 1 is 1.03 bits per heavy atom. The SMILES string of the molecule is CCCC(/C=C\C(C)(C)C)c1c(C)c(NC)cc(C)c1-c1ccc2c(c1)CCCC2. The Bertz CT molecular complexity index is 911. The van der Waals surface area contributed by atoms with Crippen LogP contribution in [-0.4, -0.2) is 7.05 Å². The fourth-order valence-electron chi connectivity index (χ4n) is 4.99. The summed E-state index contributed by atoms with van der Waals surface area (Å²) < 4.78 is 0. The molecule has 1 N–H and O–H groups in total. The summed E-state index contributed by atoms with van der Waals surface area (Å²) >= 11 is 0. The Hall–Kier alpha value is -2.02. The van der Waals surface area contributed by atoms with E-state index in [1.54, 1.807) is 11.1 Å². The minimum Gasteiger partial charge on any atom is -0.388 e. The Morgan fingerprint density at radius 2 is 1.73 bits per heavy atom. The fraction of sp³-hybridized carbons (Fsp3) is 0.517. The molecule has 0 saturated heterocycles. The van der Waals surface area contributed by atoms with Crippen molar-refractivity contribution in [3.8, 4) is 11.1 Å². The van der Waals surface area contributed by atoms with Crippen LogP contribution in [0.3, 0.4) is 0 Å². The Kier molecular flexibility index (Phi) is 7.11. The lowest BCUT2D eigenvalue weighted by molar-refractivity contribution is 0.538. The molecule has 0 saturated carbocycles. The number of fused-ring (bicyclic) bond motifs is 1. The van der Waals surface area contributed by atoms with Crippen molar-refractivity contribution in [1.82, 2.24) is 0 Å². The molecule has 0 spiro atoms. The van der Waals surface area contributed by atoms with E-state index in [0.29, 0.717) is 5.92 Å². The molecule has 1 aliphatic carbocycles. The van der Waals surface area contributed by atoms with E-state index >= 15 is 0 Å². The van der Waals surface area contributed by atoms with Crippen molar-refractivity contribution in [2.24, 2.45) is 5.41 Å². The molecule has 1 unspecified atom stereocenters. The van der Waals surface area contributed by atoms with Crippen LogP contribution in [0.4, 0.5) is 5.69 Å². The monoisotopic (exact) mass is 403 g/mol. The summed E-state index contributed by atoms with van der Waals surface area (Å²) in [4.78, 5) is 0. The van der Waals surface area contributed by atoms with Gasteiger partial charge in [0.25, 0.3) is 0 Å². The molecule has 0 amide bonds. The minimum absolute atomic E-state index is 0.196. The standard InChI is InChI=1S/C29H41N/c1-8-11-23(16-17-29(4,5)6)28-21(3)26(30-7)18-20(2)27(28)25-15-14-22-12-9-10-13-24(22)19-25/h14-19,23,30H,8-13H2,1-7H3/b17-16-. The molecule has 0 fully saturated rings. The van der Waals surface area contributed by atoms with Crippen molar-refractivity contribution in [2.75, 3.05) is 12.4 Å². The second kappa shape index (κ2) is 9.41. The van der Waals surface area contributed by atoms with Gasteiger partial charge in [-0.25, -0.2) is 0 Å². The zero-order valence-electron chi connectivity index (χ0n) is 20.3. The number of benzene rings is 2. The third kappa shape index (κ3) is 4.99. The van der Waals surface area contributed by atoms with E-state index in [1.165, 1.54) is 72.0 Å². The highest BCUT2D eigenvalue weighted by atomic mass is 14.8. The summed E-state index contributed by atoms with van der Waals surface area (Å²) in [5, 5.41) is 3.45. The number of allylic oxidation sites excluding steroid dienone is 2. The molecule has 1 heteroatoms. The molecule has 3 rings (SSSR count). The van der Waals surface area contributed by atoms with E-state index in [4.69, 9.17) is 0 Å². The third-order valence-electron chi connectivity index (χ3n) is 6.54. The second-order valence-corrected chi connectivity index (χ2v) is 10.2. The van der Waals surface area contributed by atoms with Gasteiger partial charge in [0.1, 0.15) is 0 Å². The number of anilines is 1. The molecule has 1 nitrogen and oxygen atoms in total. The van der Waals surface area contributed by atoms with Gasteiger partial charge in [-0.3, -0.25) is 0 Å². The topological polar surface area (TPSA) is 12.0 Å². The van der Waals surface area contributed by atoms with Crippen molar-refractivity contribution in [3.63, 3.8) is 0 Å². The van der Waals surface area contributed by atoms with E-state index in [0.717, 1.165) is 0 Å². The van der Waals surface area contributed by atoms with Crippen molar-refractivity contribution in [2.45, 2.75) is 86.0 Å². The smallest absolute Gasteiger partial charge is 0.0373 e. The summed E-state index contributed by atoms with van der Waals surface area (Å²) in [6.45, 7) is 13.8. The van der Waals surface area contributed by atoms with Crippen LogP contribution in [0.15, 0.2) is 36.4 Å². The molecular formula is C29H41N. The maximum Gasteiger partial charge on any atom is 0.0373 e. The van der Waals surface area contributed by atoms with Gasteiger partial charge in [-0.05, 0) is 96.4 Å². The first-order chi connectivity index (χ1) is 14.2. The van der Waals surface area contributed by atoms with E-state index in [9.17, 15) is 0 Å². The lowest BCUT2D eigenvalue weighted by Gasteiger charge is -2.26. The molecule has 0 bridgehead atoms. The first-order valence-corrected chi connectivity index (χ1v) is 11.9. The van der Waals surface area contributed by atoms with Crippen molar-refractivity contribution >= 4 is 5.69 Å². The molecule has 0 heterocycles. The normalized spacial score (nSPS) is 15.3.